The summed E-state index contributed by atoms with van der Waals surface area (Å²) >= 11 is 1.63. The van der Waals surface area contributed by atoms with Crippen LogP contribution in [0.1, 0.15) is 0 Å². The molecule has 0 spiro atoms. The molecule has 0 aliphatic heterocycles. The van der Waals surface area contributed by atoms with Gasteiger partial charge in [-0.15, -0.1) is 11.3 Å². The Balaban J connectivity index is 1.35. The maximum absolute atomic E-state index is 9.57. The van der Waals surface area contributed by atoms with Crippen LogP contribution in [0.25, 0.3) is 64.8 Å². The maximum atomic E-state index is 9.57. The second kappa shape index (κ2) is 9.19. The molecule has 2 N–H and O–H groups in total. The summed E-state index contributed by atoms with van der Waals surface area (Å²) in [5, 5.41) is 22.4. The van der Waals surface area contributed by atoms with Crippen molar-refractivity contribution in [1.82, 2.24) is 9.97 Å². The molecule has 0 aliphatic carbocycles. The SMILES string of the molecule is OB(O)c1ccc2c(c1)sc1cc(-c3nc(-c4ccc(-c5ccccc5)cc4)c4ccccc4n3)ccc12. The molecular formula is C32H21BN2O2S. The Morgan fingerprint density at radius 2 is 1.16 bits per heavy atom. The molecule has 0 bridgehead atoms. The van der Waals surface area contributed by atoms with Crippen LogP contribution in [-0.4, -0.2) is 27.1 Å². The van der Waals surface area contributed by atoms with Crippen molar-refractivity contribution in [3.8, 4) is 33.8 Å². The first-order chi connectivity index (χ1) is 18.6. The predicted molar refractivity (Wildman–Crippen MR) is 159 cm³/mol. The summed E-state index contributed by atoms with van der Waals surface area (Å²) in [5.74, 6) is 0.677. The fourth-order valence-corrected chi connectivity index (χ4v) is 6.16. The van der Waals surface area contributed by atoms with Crippen molar-refractivity contribution in [2.75, 3.05) is 0 Å². The molecular weight excluding hydrogens is 487 g/mol. The normalized spacial score (nSPS) is 11.4. The van der Waals surface area contributed by atoms with Gasteiger partial charge < -0.3 is 10.0 Å². The lowest BCUT2D eigenvalue weighted by Crippen LogP contribution is -2.29. The minimum Gasteiger partial charge on any atom is -0.423 e. The van der Waals surface area contributed by atoms with Gasteiger partial charge in [0, 0.05) is 36.7 Å². The smallest absolute Gasteiger partial charge is 0.423 e. The molecule has 0 aliphatic rings. The van der Waals surface area contributed by atoms with Gasteiger partial charge in [-0.25, -0.2) is 9.97 Å². The molecule has 38 heavy (non-hydrogen) atoms. The molecule has 0 saturated heterocycles. The highest BCUT2D eigenvalue weighted by Gasteiger charge is 2.15. The van der Waals surface area contributed by atoms with Crippen LogP contribution in [-0.2, 0) is 0 Å². The van der Waals surface area contributed by atoms with E-state index in [-0.39, 0.29) is 0 Å². The average Bonchev–Trinajstić information content (AvgIpc) is 3.34. The molecule has 0 radical (unpaired) electrons. The van der Waals surface area contributed by atoms with Crippen LogP contribution >= 0.6 is 11.3 Å². The Labute approximate surface area is 223 Å². The van der Waals surface area contributed by atoms with E-state index in [0.717, 1.165) is 47.9 Å². The first kappa shape index (κ1) is 22.8. The number of nitrogens with zero attached hydrogens (tertiary/aromatic N) is 2. The van der Waals surface area contributed by atoms with Gasteiger partial charge in [0.2, 0.25) is 0 Å². The molecule has 0 saturated carbocycles. The minimum absolute atomic E-state index is 0.491. The lowest BCUT2D eigenvalue weighted by atomic mass is 9.80. The average molecular weight is 508 g/mol. The Morgan fingerprint density at radius 1 is 0.526 bits per heavy atom. The van der Waals surface area contributed by atoms with Gasteiger partial charge in [-0.05, 0) is 34.8 Å². The number of para-hydroxylation sites is 1. The molecule has 7 rings (SSSR count). The number of benzene rings is 5. The summed E-state index contributed by atoms with van der Waals surface area (Å²) in [7, 11) is -1.48. The van der Waals surface area contributed by atoms with Gasteiger partial charge in [-0.1, -0.05) is 97.1 Å². The maximum Gasteiger partial charge on any atom is 0.488 e. The van der Waals surface area contributed by atoms with E-state index in [1.165, 1.54) is 11.1 Å². The highest BCUT2D eigenvalue weighted by atomic mass is 32.1. The molecule has 0 amide bonds. The second-order valence-corrected chi connectivity index (χ2v) is 10.4. The van der Waals surface area contributed by atoms with Crippen LogP contribution < -0.4 is 5.46 Å². The zero-order chi connectivity index (χ0) is 25.6. The van der Waals surface area contributed by atoms with Gasteiger partial charge in [0.25, 0.3) is 0 Å². The summed E-state index contributed by atoms with van der Waals surface area (Å²) in [4.78, 5) is 9.99. The van der Waals surface area contributed by atoms with E-state index in [1.807, 2.05) is 36.4 Å². The first-order valence-corrected chi connectivity index (χ1v) is 13.2. The number of hydrogen-bond acceptors (Lipinski definition) is 5. The van der Waals surface area contributed by atoms with Gasteiger partial charge in [0.1, 0.15) is 0 Å². The molecule has 0 fully saturated rings. The zero-order valence-corrected chi connectivity index (χ0v) is 21.1. The summed E-state index contributed by atoms with van der Waals surface area (Å²) in [6.07, 6.45) is 0. The Kier molecular flexibility index (Phi) is 5.52. The summed E-state index contributed by atoms with van der Waals surface area (Å²) < 4.78 is 2.12. The predicted octanol–water partition coefficient (Wildman–Crippen LogP) is 6.68. The third-order valence-corrected chi connectivity index (χ3v) is 8.04. The fourth-order valence-electron chi connectivity index (χ4n) is 4.97. The lowest BCUT2D eigenvalue weighted by Gasteiger charge is -2.10. The minimum atomic E-state index is -1.48. The van der Waals surface area contributed by atoms with E-state index in [9.17, 15) is 10.0 Å². The van der Waals surface area contributed by atoms with Crippen LogP contribution in [0.15, 0.2) is 115 Å². The van der Waals surface area contributed by atoms with Gasteiger partial charge in [0.05, 0.1) is 11.2 Å². The standard InChI is InChI=1S/C32H21BN2O2S/c36-33(37)24-15-17-26-25-16-14-23(18-29(25)38-30(26)19-24)32-34-28-9-5-4-8-27(28)31(35-32)22-12-10-21(11-13-22)20-6-2-1-3-7-20/h1-19,36-37H. The molecule has 5 aromatic carbocycles. The van der Waals surface area contributed by atoms with E-state index >= 15 is 0 Å². The van der Waals surface area contributed by atoms with E-state index < -0.39 is 7.12 Å². The Morgan fingerprint density at radius 3 is 1.95 bits per heavy atom. The topological polar surface area (TPSA) is 66.2 Å². The lowest BCUT2D eigenvalue weighted by molar-refractivity contribution is 0.426. The number of hydrogen-bond donors (Lipinski definition) is 2. The summed E-state index contributed by atoms with van der Waals surface area (Å²) in [6, 6.07) is 38.9. The van der Waals surface area contributed by atoms with E-state index in [0.29, 0.717) is 11.3 Å². The molecule has 0 atom stereocenters. The van der Waals surface area contributed by atoms with Gasteiger partial charge in [-0.2, -0.15) is 0 Å². The third-order valence-electron chi connectivity index (χ3n) is 6.92. The number of aromatic nitrogens is 2. The van der Waals surface area contributed by atoms with Crippen molar-refractivity contribution in [2.24, 2.45) is 0 Å². The van der Waals surface area contributed by atoms with Gasteiger partial charge in [0.15, 0.2) is 5.82 Å². The molecule has 180 valence electrons. The summed E-state index contributed by atoms with van der Waals surface area (Å²) in [6.45, 7) is 0. The molecule has 6 heteroatoms. The molecule has 2 heterocycles. The fraction of sp³-hybridized carbons (Fsp3) is 0. The van der Waals surface area contributed by atoms with Gasteiger partial charge in [-0.3, -0.25) is 0 Å². The Bertz CT molecular complexity index is 1950. The van der Waals surface area contributed by atoms with E-state index in [4.69, 9.17) is 9.97 Å². The number of fused-ring (bicyclic) bond motifs is 4. The highest BCUT2D eigenvalue weighted by Crippen LogP contribution is 2.37. The molecule has 2 aromatic heterocycles. The van der Waals surface area contributed by atoms with Crippen LogP contribution in [0.2, 0.25) is 0 Å². The zero-order valence-electron chi connectivity index (χ0n) is 20.2. The van der Waals surface area contributed by atoms with Crippen molar-refractivity contribution in [3.63, 3.8) is 0 Å². The van der Waals surface area contributed by atoms with Crippen molar-refractivity contribution in [2.45, 2.75) is 0 Å². The second-order valence-electron chi connectivity index (χ2n) is 9.30. The van der Waals surface area contributed by atoms with Crippen LogP contribution in [0.3, 0.4) is 0 Å². The van der Waals surface area contributed by atoms with Crippen LogP contribution in [0.4, 0.5) is 0 Å². The first-order valence-electron chi connectivity index (χ1n) is 12.4. The molecule has 7 aromatic rings. The largest absolute Gasteiger partial charge is 0.488 e. The molecule has 4 nitrogen and oxygen atoms in total. The van der Waals surface area contributed by atoms with Gasteiger partial charge >= 0.3 is 7.12 Å². The van der Waals surface area contributed by atoms with Crippen LogP contribution in [0, 0.1) is 0 Å². The summed E-state index contributed by atoms with van der Waals surface area (Å²) in [5.41, 5.74) is 6.64. The van der Waals surface area contributed by atoms with Crippen LogP contribution in [0.5, 0.6) is 0 Å². The van der Waals surface area contributed by atoms with Crippen molar-refractivity contribution < 1.29 is 10.0 Å². The van der Waals surface area contributed by atoms with Crippen molar-refractivity contribution >= 4 is 55.0 Å². The molecule has 0 unspecified atom stereocenters. The quantitative estimate of drug-likeness (QED) is 0.261. The highest BCUT2D eigenvalue weighted by molar-refractivity contribution is 7.25. The third kappa shape index (κ3) is 3.96. The monoisotopic (exact) mass is 508 g/mol. The van der Waals surface area contributed by atoms with Crippen molar-refractivity contribution in [1.29, 1.82) is 0 Å². The van der Waals surface area contributed by atoms with E-state index in [2.05, 4.69) is 72.8 Å². The van der Waals surface area contributed by atoms with Crippen molar-refractivity contribution in [3.05, 3.63) is 115 Å². The number of thiophene rings is 1. The number of rotatable bonds is 4. The Hall–Kier alpha value is -4.36. The van der Waals surface area contributed by atoms with E-state index in [1.54, 1.807) is 17.4 Å².